The van der Waals surface area contributed by atoms with Crippen LogP contribution in [0.2, 0.25) is 0 Å². The molecule has 0 spiro atoms. The number of benzene rings is 2. The molecule has 0 saturated carbocycles. The summed E-state index contributed by atoms with van der Waals surface area (Å²) >= 11 is 0. The summed E-state index contributed by atoms with van der Waals surface area (Å²) in [5, 5.41) is 3.04. The zero-order valence-electron chi connectivity index (χ0n) is 21.4. The maximum Gasteiger partial charge on any atom is 0.255 e. The van der Waals surface area contributed by atoms with E-state index in [1.165, 1.54) is 24.8 Å². The van der Waals surface area contributed by atoms with Crippen molar-refractivity contribution in [2.24, 2.45) is 0 Å². The molecule has 1 aromatic heterocycles. The molecule has 0 unspecified atom stereocenters. The number of aryl methyl sites for hydroxylation is 1. The molecule has 0 fully saturated rings. The first-order valence-electron chi connectivity index (χ1n) is 12.8. The van der Waals surface area contributed by atoms with E-state index in [-0.39, 0.29) is 17.9 Å². The van der Waals surface area contributed by atoms with Gasteiger partial charge in [0.15, 0.2) is 0 Å². The fourth-order valence-corrected chi connectivity index (χ4v) is 4.54. The topological polar surface area (TPSA) is 71.5 Å². The van der Waals surface area contributed by atoms with Crippen LogP contribution in [0.15, 0.2) is 66.9 Å². The first-order chi connectivity index (χ1) is 17.4. The van der Waals surface area contributed by atoms with Crippen molar-refractivity contribution < 1.29 is 14.3 Å². The molecule has 188 valence electrons. The number of ether oxygens (including phenoxy) is 1. The van der Waals surface area contributed by atoms with Crippen molar-refractivity contribution in [2.45, 2.75) is 71.6 Å². The lowest BCUT2D eigenvalue weighted by molar-refractivity contribution is -0.121. The molecule has 2 aromatic carbocycles. The Kier molecular flexibility index (Phi) is 8.36. The molecule has 36 heavy (non-hydrogen) atoms. The Bertz CT molecular complexity index is 1190. The SMILES string of the molecule is CCCCCc1ccc(NC(=O)[C@@H]2Cc3ccccc3CN2C(=O)c2ccnc(OC(C)C)c2)cc1. The van der Waals surface area contributed by atoms with Crippen LogP contribution in [0.4, 0.5) is 5.69 Å². The molecule has 0 radical (unpaired) electrons. The maximum atomic E-state index is 13.6. The first kappa shape index (κ1) is 25.4. The van der Waals surface area contributed by atoms with Crippen molar-refractivity contribution in [1.29, 1.82) is 0 Å². The number of carbonyl (C=O) groups is 2. The number of nitrogens with one attached hydrogen (secondary N) is 1. The van der Waals surface area contributed by atoms with E-state index < -0.39 is 6.04 Å². The van der Waals surface area contributed by atoms with E-state index in [0.717, 1.165) is 23.2 Å². The number of nitrogens with zero attached hydrogens (tertiary/aromatic N) is 2. The zero-order chi connectivity index (χ0) is 25.5. The molecule has 3 aromatic rings. The molecular weight excluding hydrogens is 450 g/mol. The molecule has 4 rings (SSSR count). The highest BCUT2D eigenvalue weighted by molar-refractivity contribution is 6.01. The van der Waals surface area contributed by atoms with E-state index in [4.69, 9.17) is 4.74 Å². The van der Waals surface area contributed by atoms with Crippen molar-refractivity contribution in [3.05, 3.63) is 89.1 Å². The van der Waals surface area contributed by atoms with E-state index in [1.54, 1.807) is 23.2 Å². The van der Waals surface area contributed by atoms with Crippen LogP contribution in [0.25, 0.3) is 0 Å². The van der Waals surface area contributed by atoms with Gasteiger partial charge in [0.1, 0.15) is 6.04 Å². The van der Waals surface area contributed by atoms with Gasteiger partial charge in [-0.2, -0.15) is 0 Å². The summed E-state index contributed by atoms with van der Waals surface area (Å²) in [4.78, 5) is 33.0. The van der Waals surface area contributed by atoms with Gasteiger partial charge in [-0.15, -0.1) is 0 Å². The predicted molar refractivity (Wildman–Crippen MR) is 142 cm³/mol. The minimum absolute atomic E-state index is 0.0544. The highest BCUT2D eigenvalue weighted by Crippen LogP contribution is 2.27. The molecule has 0 saturated heterocycles. The number of carbonyl (C=O) groups excluding carboxylic acids is 2. The summed E-state index contributed by atoms with van der Waals surface area (Å²) in [6.45, 7) is 6.39. The number of hydrogen-bond acceptors (Lipinski definition) is 4. The number of rotatable bonds is 9. The number of fused-ring (bicyclic) bond motifs is 1. The first-order valence-corrected chi connectivity index (χ1v) is 12.8. The largest absolute Gasteiger partial charge is 0.475 e. The average Bonchev–Trinajstić information content (AvgIpc) is 2.88. The standard InChI is InChI=1S/C30H35N3O3/c1-4-5-6-9-22-12-14-26(15-13-22)32-29(34)27-18-23-10-7-8-11-25(23)20-33(27)30(35)24-16-17-31-28(19-24)36-21(2)3/h7-8,10-17,19,21,27H,4-6,9,18,20H2,1-3H3,(H,32,34)/t27-/m0/s1. The van der Waals surface area contributed by atoms with Crippen LogP contribution in [0.1, 0.15) is 67.1 Å². The van der Waals surface area contributed by atoms with Crippen molar-refractivity contribution in [3.8, 4) is 5.88 Å². The van der Waals surface area contributed by atoms with E-state index in [0.29, 0.717) is 24.4 Å². The van der Waals surface area contributed by atoms with Gasteiger partial charge in [-0.3, -0.25) is 9.59 Å². The molecule has 2 amide bonds. The molecule has 1 aliphatic rings. The lowest BCUT2D eigenvalue weighted by atomic mass is 9.92. The summed E-state index contributed by atoms with van der Waals surface area (Å²) in [6.07, 6.45) is 6.59. The normalized spacial score (nSPS) is 14.9. The molecule has 6 nitrogen and oxygen atoms in total. The van der Waals surface area contributed by atoms with Crippen LogP contribution in [-0.2, 0) is 24.2 Å². The fourth-order valence-electron chi connectivity index (χ4n) is 4.54. The van der Waals surface area contributed by atoms with E-state index >= 15 is 0 Å². The Hall–Kier alpha value is -3.67. The number of pyridine rings is 1. The monoisotopic (exact) mass is 485 g/mol. The maximum absolute atomic E-state index is 13.6. The molecule has 2 heterocycles. The second-order valence-electron chi connectivity index (χ2n) is 9.61. The average molecular weight is 486 g/mol. The van der Waals surface area contributed by atoms with Crippen LogP contribution in [-0.4, -0.2) is 33.8 Å². The Morgan fingerprint density at radius 1 is 1.06 bits per heavy atom. The van der Waals surface area contributed by atoms with E-state index in [1.807, 2.05) is 50.2 Å². The summed E-state index contributed by atoms with van der Waals surface area (Å²) in [5.74, 6) is -0.00971. The number of amides is 2. The van der Waals surface area contributed by atoms with Gasteiger partial charge in [0, 0.05) is 36.5 Å². The second-order valence-corrected chi connectivity index (χ2v) is 9.61. The lowest BCUT2D eigenvalue weighted by Crippen LogP contribution is -2.50. The van der Waals surface area contributed by atoms with Crippen LogP contribution in [0.5, 0.6) is 5.88 Å². The van der Waals surface area contributed by atoms with Crippen LogP contribution in [0.3, 0.4) is 0 Å². The summed E-state index contributed by atoms with van der Waals surface area (Å²) in [5.41, 5.74) is 4.60. The Labute approximate surface area is 213 Å². The third-order valence-corrected chi connectivity index (χ3v) is 6.44. The molecule has 0 bridgehead atoms. The minimum Gasteiger partial charge on any atom is -0.475 e. The van der Waals surface area contributed by atoms with Crippen LogP contribution < -0.4 is 10.1 Å². The van der Waals surface area contributed by atoms with Gasteiger partial charge >= 0.3 is 0 Å². The van der Waals surface area contributed by atoms with Crippen LogP contribution >= 0.6 is 0 Å². The summed E-state index contributed by atoms with van der Waals surface area (Å²) in [6, 6.07) is 18.7. The highest BCUT2D eigenvalue weighted by Gasteiger charge is 2.35. The van der Waals surface area contributed by atoms with Gasteiger partial charge in [0.2, 0.25) is 11.8 Å². The second kappa shape index (κ2) is 11.8. The van der Waals surface area contributed by atoms with Crippen molar-refractivity contribution in [1.82, 2.24) is 9.88 Å². The Morgan fingerprint density at radius 2 is 1.81 bits per heavy atom. The van der Waals surface area contributed by atoms with Gasteiger partial charge in [-0.1, -0.05) is 56.2 Å². The number of unbranched alkanes of at least 4 members (excludes halogenated alkanes) is 2. The smallest absolute Gasteiger partial charge is 0.255 e. The summed E-state index contributed by atoms with van der Waals surface area (Å²) < 4.78 is 5.68. The number of anilines is 1. The summed E-state index contributed by atoms with van der Waals surface area (Å²) in [7, 11) is 0. The van der Waals surface area contributed by atoms with Gasteiger partial charge in [0.25, 0.3) is 5.91 Å². The van der Waals surface area contributed by atoms with Gasteiger partial charge in [-0.25, -0.2) is 4.98 Å². The van der Waals surface area contributed by atoms with E-state index in [9.17, 15) is 9.59 Å². The molecule has 6 heteroatoms. The molecule has 1 atom stereocenters. The Balaban J connectivity index is 1.54. The van der Waals surface area contributed by atoms with Crippen LogP contribution in [0, 0.1) is 0 Å². The molecule has 0 aliphatic carbocycles. The Morgan fingerprint density at radius 3 is 2.53 bits per heavy atom. The number of aromatic nitrogens is 1. The highest BCUT2D eigenvalue weighted by atomic mass is 16.5. The molecule has 1 N–H and O–H groups in total. The van der Waals surface area contributed by atoms with Crippen molar-refractivity contribution >= 4 is 17.5 Å². The number of hydrogen-bond donors (Lipinski definition) is 1. The third-order valence-electron chi connectivity index (χ3n) is 6.44. The molecular formula is C30H35N3O3. The van der Waals surface area contributed by atoms with Gasteiger partial charge in [-0.05, 0) is 61.6 Å². The predicted octanol–water partition coefficient (Wildman–Crippen LogP) is 5.81. The molecule has 1 aliphatic heterocycles. The quantitative estimate of drug-likeness (QED) is 0.389. The van der Waals surface area contributed by atoms with Crippen molar-refractivity contribution in [3.63, 3.8) is 0 Å². The zero-order valence-corrected chi connectivity index (χ0v) is 21.4. The van der Waals surface area contributed by atoms with E-state index in [2.05, 4.69) is 29.4 Å². The lowest BCUT2D eigenvalue weighted by Gasteiger charge is -2.36. The van der Waals surface area contributed by atoms with Gasteiger partial charge < -0.3 is 15.0 Å². The minimum atomic E-state index is -0.626. The van der Waals surface area contributed by atoms with Crippen molar-refractivity contribution in [2.75, 3.05) is 5.32 Å². The third kappa shape index (κ3) is 6.30. The fraction of sp³-hybridized carbons (Fsp3) is 0.367. The van der Waals surface area contributed by atoms with Gasteiger partial charge in [0.05, 0.1) is 6.10 Å².